The first kappa shape index (κ1) is 37.6. The predicted octanol–water partition coefficient (Wildman–Crippen LogP) is 6.41. The first-order valence-electron chi connectivity index (χ1n) is 20.8. The van der Waals surface area contributed by atoms with Crippen molar-refractivity contribution in [1.82, 2.24) is 29.9 Å². The number of benzene rings is 3. The number of anilines is 3. The molecule has 13 heteroatoms. The van der Waals surface area contributed by atoms with Gasteiger partial charge in [-0.15, -0.1) is 10.2 Å². The van der Waals surface area contributed by atoms with E-state index in [1.807, 2.05) is 47.4 Å². The number of carbonyl (C=O) groups excluding carboxylic acids is 3. The van der Waals surface area contributed by atoms with E-state index in [0.717, 1.165) is 112 Å². The van der Waals surface area contributed by atoms with Crippen molar-refractivity contribution in [2.24, 2.45) is 5.92 Å². The molecule has 6 heterocycles. The number of hydrogen-bond acceptors (Lipinski definition) is 9. The molecule has 1 atom stereocenters. The molecule has 4 N–H and O–H groups in total. The van der Waals surface area contributed by atoms with Gasteiger partial charge in [0, 0.05) is 93.4 Å². The number of para-hydroxylation sites is 1. The maximum atomic E-state index is 13.6. The molecular weight excluding hydrogens is 731 g/mol. The van der Waals surface area contributed by atoms with Crippen molar-refractivity contribution in [3.05, 3.63) is 96.2 Å². The van der Waals surface area contributed by atoms with Crippen molar-refractivity contribution in [1.29, 1.82) is 0 Å². The van der Waals surface area contributed by atoms with Gasteiger partial charge in [0.05, 0.1) is 22.6 Å². The number of rotatable bonds is 8. The zero-order chi connectivity index (χ0) is 39.8. The average Bonchev–Trinajstić information content (AvgIpc) is 3.69. The highest BCUT2D eigenvalue weighted by Gasteiger charge is 2.30. The number of nitrogens with one attached hydrogen (secondary N) is 1. The van der Waals surface area contributed by atoms with Crippen LogP contribution < -0.4 is 20.9 Å². The molecule has 4 amide bonds. The average molecular weight is 782 g/mol. The third kappa shape index (κ3) is 7.58. The van der Waals surface area contributed by atoms with Crippen molar-refractivity contribution in [3.8, 4) is 17.0 Å². The zero-order valence-electron chi connectivity index (χ0n) is 32.8. The van der Waals surface area contributed by atoms with Crippen molar-refractivity contribution >= 4 is 45.9 Å². The van der Waals surface area contributed by atoms with E-state index in [0.29, 0.717) is 47.9 Å². The number of aromatic hydroxyl groups is 1. The molecule has 4 aliphatic rings. The number of fused-ring (bicyclic) bond motifs is 1. The van der Waals surface area contributed by atoms with Crippen LogP contribution in [0.5, 0.6) is 5.75 Å². The number of urea groups is 1. The number of imide groups is 1. The molecule has 0 unspecified atom stereocenters. The number of hydrogen-bond donors (Lipinski definition) is 3. The van der Waals surface area contributed by atoms with Gasteiger partial charge in [0.15, 0.2) is 5.82 Å². The Morgan fingerprint density at radius 3 is 2.40 bits per heavy atom. The molecule has 13 nitrogen and oxygen atoms in total. The lowest BCUT2D eigenvalue weighted by atomic mass is 9.89. The number of amides is 4. The van der Waals surface area contributed by atoms with Gasteiger partial charge in [0.1, 0.15) is 5.75 Å². The summed E-state index contributed by atoms with van der Waals surface area (Å²) in [4.78, 5) is 46.5. The Hall–Kier alpha value is -5.95. The Kier molecular flexibility index (Phi) is 10.5. The van der Waals surface area contributed by atoms with Crippen molar-refractivity contribution in [2.75, 3.05) is 67.9 Å². The van der Waals surface area contributed by atoms with Gasteiger partial charge in [-0.25, -0.2) is 4.79 Å². The Bertz CT molecular complexity index is 2310. The number of nitrogens with zero attached hydrogens (tertiary/aromatic N) is 7. The molecular formula is C45H51N9O4. The number of nitrogen functional groups attached to an aromatic ring is 1. The molecule has 0 radical (unpaired) electrons. The summed E-state index contributed by atoms with van der Waals surface area (Å²) in [5.41, 5.74) is 12.3. The first-order valence-corrected chi connectivity index (χ1v) is 20.8. The Balaban J connectivity index is 0.756. The fourth-order valence-electron chi connectivity index (χ4n) is 9.60. The molecule has 5 aromatic rings. The molecule has 4 aliphatic heterocycles. The number of piperidine rings is 3. The van der Waals surface area contributed by atoms with Crippen LogP contribution in [0.15, 0.2) is 85.1 Å². The molecule has 0 spiro atoms. The van der Waals surface area contributed by atoms with E-state index >= 15 is 0 Å². The van der Waals surface area contributed by atoms with Crippen LogP contribution in [0.1, 0.15) is 72.8 Å². The second-order valence-corrected chi connectivity index (χ2v) is 16.4. The summed E-state index contributed by atoms with van der Waals surface area (Å²) in [6.45, 7) is 6.74. The van der Waals surface area contributed by atoms with Gasteiger partial charge in [0.2, 0.25) is 5.91 Å². The van der Waals surface area contributed by atoms with Crippen molar-refractivity contribution < 1.29 is 19.5 Å². The smallest absolute Gasteiger partial charge is 0.328 e. The topological polar surface area (TPSA) is 153 Å². The minimum Gasteiger partial charge on any atom is -0.507 e. The summed E-state index contributed by atoms with van der Waals surface area (Å²) in [7, 11) is 0. The minimum absolute atomic E-state index is 0.111. The van der Waals surface area contributed by atoms with E-state index < -0.39 is 0 Å². The third-order valence-corrected chi connectivity index (χ3v) is 12.8. The van der Waals surface area contributed by atoms with Crippen LogP contribution >= 0.6 is 0 Å². The van der Waals surface area contributed by atoms with Gasteiger partial charge in [-0.3, -0.25) is 19.8 Å². The monoisotopic (exact) mass is 781 g/mol. The molecule has 4 fully saturated rings. The SMILES string of the molecule is Nc1nnc(-c2ccccc2O)cc1N1CCC[C@H](c2ccc(C(=O)N3CCC(CN4CCC(n5ccc6c(N7CCC(=O)NC7=O)cccc65)CC4)CC3)cc2)C1. The number of phenols is 1. The highest BCUT2D eigenvalue weighted by atomic mass is 16.3. The van der Waals surface area contributed by atoms with E-state index in [-0.39, 0.29) is 23.6 Å². The van der Waals surface area contributed by atoms with E-state index in [2.05, 4.69) is 60.3 Å². The molecule has 58 heavy (non-hydrogen) atoms. The van der Waals surface area contributed by atoms with E-state index in [1.165, 1.54) is 5.56 Å². The normalized spacial score (nSPS) is 20.1. The van der Waals surface area contributed by atoms with Gasteiger partial charge in [-0.05, 0) is 98.5 Å². The molecule has 0 bridgehead atoms. The third-order valence-electron chi connectivity index (χ3n) is 12.8. The molecule has 9 rings (SSSR count). The number of carbonyl (C=O) groups is 3. The number of likely N-dealkylation sites (tertiary alicyclic amines) is 2. The Morgan fingerprint density at radius 2 is 1.62 bits per heavy atom. The molecule has 0 aliphatic carbocycles. The number of aromatic nitrogens is 3. The van der Waals surface area contributed by atoms with Gasteiger partial charge in [0.25, 0.3) is 5.91 Å². The predicted molar refractivity (Wildman–Crippen MR) is 225 cm³/mol. The van der Waals surface area contributed by atoms with Crippen LogP contribution in [-0.4, -0.2) is 99.9 Å². The Labute approximate surface area is 338 Å². The number of nitrogens with two attached hydrogens (primary N) is 1. The summed E-state index contributed by atoms with van der Waals surface area (Å²) in [6.07, 6.45) is 8.67. The summed E-state index contributed by atoms with van der Waals surface area (Å²) < 4.78 is 2.37. The van der Waals surface area contributed by atoms with Crippen LogP contribution in [0.4, 0.5) is 22.0 Å². The van der Waals surface area contributed by atoms with E-state index in [9.17, 15) is 19.5 Å². The fourth-order valence-corrected chi connectivity index (χ4v) is 9.60. The summed E-state index contributed by atoms with van der Waals surface area (Å²) in [6, 6.07) is 25.5. The summed E-state index contributed by atoms with van der Waals surface area (Å²) >= 11 is 0. The maximum absolute atomic E-state index is 13.6. The molecule has 300 valence electrons. The lowest BCUT2D eigenvalue weighted by Crippen LogP contribution is -2.49. The zero-order valence-corrected chi connectivity index (χ0v) is 32.8. The quantitative estimate of drug-likeness (QED) is 0.162. The highest BCUT2D eigenvalue weighted by Crippen LogP contribution is 2.37. The van der Waals surface area contributed by atoms with Gasteiger partial charge >= 0.3 is 6.03 Å². The van der Waals surface area contributed by atoms with E-state index in [4.69, 9.17) is 5.73 Å². The molecule has 2 aromatic heterocycles. The highest BCUT2D eigenvalue weighted by molar-refractivity contribution is 6.09. The number of phenolic OH excluding ortho intramolecular Hbond substituents is 1. The van der Waals surface area contributed by atoms with Crippen LogP contribution in [-0.2, 0) is 4.79 Å². The molecule has 3 aromatic carbocycles. The first-order chi connectivity index (χ1) is 28.3. The maximum Gasteiger partial charge on any atom is 0.328 e. The van der Waals surface area contributed by atoms with Crippen molar-refractivity contribution in [2.45, 2.75) is 56.9 Å². The molecule has 4 saturated heterocycles. The van der Waals surface area contributed by atoms with Gasteiger partial charge in [-0.1, -0.05) is 30.3 Å². The summed E-state index contributed by atoms with van der Waals surface area (Å²) in [5.74, 6) is 1.28. The lowest BCUT2D eigenvalue weighted by molar-refractivity contribution is -0.120. The van der Waals surface area contributed by atoms with Crippen LogP contribution in [0, 0.1) is 5.92 Å². The van der Waals surface area contributed by atoms with Gasteiger partial charge < -0.3 is 30.1 Å². The minimum atomic E-state index is -0.355. The van der Waals surface area contributed by atoms with Gasteiger partial charge in [-0.2, -0.15) is 0 Å². The molecule has 0 saturated carbocycles. The van der Waals surface area contributed by atoms with Crippen LogP contribution in [0.25, 0.3) is 22.2 Å². The van der Waals surface area contributed by atoms with Crippen LogP contribution in [0.2, 0.25) is 0 Å². The summed E-state index contributed by atoms with van der Waals surface area (Å²) in [5, 5.41) is 22.3. The fraction of sp³-hybridized carbons (Fsp3) is 0.400. The largest absolute Gasteiger partial charge is 0.507 e. The lowest BCUT2D eigenvalue weighted by Gasteiger charge is -2.38. The standard InChI is InChI=1S/C45H51N9O4/c46-43-40(27-37(48-49-43)35-6-1-2-9-41(35)55)52-20-4-5-33(29-52)31-10-12-32(13-11-31)44(57)51-23-14-30(15-24-51)28-50-21-16-34(17-22-50)53-25-18-36-38(53)7-3-8-39(36)54-26-19-42(56)47-45(54)58/h1-3,6-13,18,25,27,30,33-34,55H,4-5,14-17,19-24,26,28-29H2,(H2,46,49)(H,47,56,58)/t33-/m0/s1. The van der Waals surface area contributed by atoms with Crippen molar-refractivity contribution in [3.63, 3.8) is 0 Å². The second-order valence-electron chi connectivity index (χ2n) is 16.4. The van der Waals surface area contributed by atoms with E-state index in [1.54, 1.807) is 17.0 Å². The second kappa shape index (κ2) is 16.1. The Morgan fingerprint density at radius 1 is 0.828 bits per heavy atom. The van der Waals surface area contributed by atoms with Crippen LogP contribution in [0.3, 0.4) is 0 Å².